The van der Waals surface area contributed by atoms with Crippen LogP contribution in [0, 0.1) is 6.92 Å². The highest BCUT2D eigenvalue weighted by atomic mass is 16.1. The van der Waals surface area contributed by atoms with Gasteiger partial charge in [0.2, 0.25) is 0 Å². The summed E-state index contributed by atoms with van der Waals surface area (Å²) in [6.07, 6.45) is 5.62. The molecule has 0 saturated heterocycles. The van der Waals surface area contributed by atoms with Crippen molar-refractivity contribution in [2.75, 3.05) is 0 Å². The molecule has 0 spiro atoms. The van der Waals surface area contributed by atoms with Crippen molar-refractivity contribution in [2.45, 2.75) is 19.9 Å². The first-order valence-electron chi connectivity index (χ1n) is 7.33. The molecule has 0 N–H and O–H groups in total. The average Bonchev–Trinajstić information content (AvgIpc) is 3.01. The van der Waals surface area contributed by atoms with Crippen LogP contribution in [-0.2, 0) is 7.05 Å². The molecule has 0 aliphatic rings. The number of hydrogen-bond donors (Lipinski definition) is 0. The van der Waals surface area contributed by atoms with Gasteiger partial charge in [-0.1, -0.05) is 30.3 Å². The maximum absolute atomic E-state index is 11.9. The van der Waals surface area contributed by atoms with E-state index in [1.165, 1.54) is 5.56 Å². The Morgan fingerprint density at radius 1 is 1.18 bits per heavy atom. The predicted octanol–water partition coefficient (Wildman–Crippen LogP) is 3.17. The number of imidazole rings is 1. The van der Waals surface area contributed by atoms with Crippen molar-refractivity contribution in [1.29, 1.82) is 0 Å². The second-order valence-electron chi connectivity index (χ2n) is 5.57. The van der Waals surface area contributed by atoms with Gasteiger partial charge < -0.3 is 9.13 Å². The lowest BCUT2D eigenvalue weighted by Crippen LogP contribution is -2.19. The molecule has 0 amide bonds. The second-order valence-corrected chi connectivity index (χ2v) is 5.57. The van der Waals surface area contributed by atoms with E-state index >= 15 is 0 Å². The minimum Gasteiger partial charge on any atom is -0.324 e. The van der Waals surface area contributed by atoms with Gasteiger partial charge in [0, 0.05) is 36.8 Å². The van der Waals surface area contributed by atoms with Gasteiger partial charge in [-0.05, 0) is 25.5 Å². The standard InChI is InChI=1S/C18H19N3O/c1-13-11-16(12-20(3)18(13)22)17-19-9-10-21(17)14(2)15-7-5-4-6-8-15/h4-12,14H,1-3H3. The summed E-state index contributed by atoms with van der Waals surface area (Å²) >= 11 is 0. The van der Waals surface area contributed by atoms with E-state index in [0.29, 0.717) is 0 Å². The molecule has 3 aromatic rings. The van der Waals surface area contributed by atoms with E-state index in [1.807, 2.05) is 43.6 Å². The summed E-state index contributed by atoms with van der Waals surface area (Å²) in [5, 5.41) is 0. The topological polar surface area (TPSA) is 39.8 Å². The van der Waals surface area contributed by atoms with Crippen molar-refractivity contribution >= 4 is 0 Å². The van der Waals surface area contributed by atoms with E-state index in [1.54, 1.807) is 17.8 Å². The van der Waals surface area contributed by atoms with Gasteiger partial charge in [-0.15, -0.1) is 0 Å². The van der Waals surface area contributed by atoms with Crippen LogP contribution >= 0.6 is 0 Å². The first kappa shape index (κ1) is 14.3. The van der Waals surface area contributed by atoms with Gasteiger partial charge >= 0.3 is 0 Å². The molecule has 0 aliphatic carbocycles. The molecule has 1 unspecified atom stereocenters. The molecule has 0 radical (unpaired) electrons. The molecule has 0 bridgehead atoms. The average molecular weight is 293 g/mol. The molecule has 1 atom stereocenters. The Morgan fingerprint density at radius 2 is 1.91 bits per heavy atom. The lowest BCUT2D eigenvalue weighted by Gasteiger charge is -2.17. The smallest absolute Gasteiger partial charge is 0.253 e. The molecule has 22 heavy (non-hydrogen) atoms. The number of benzene rings is 1. The maximum Gasteiger partial charge on any atom is 0.253 e. The Kier molecular flexibility index (Phi) is 3.67. The number of hydrogen-bond acceptors (Lipinski definition) is 2. The third-order valence-electron chi connectivity index (χ3n) is 3.99. The Bertz CT molecular complexity index is 820. The van der Waals surface area contributed by atoms with Gasteiger partial charge in [0.05, 0.1) is 6.04 Å². The number of aromatic nitrogens is 3. The van der Waals surface area contributed by atoms with Crippen LogP contribution in [0.1, 0.15) is 24.1 Å². The van der Waals surface area contributed by atoms with E-state index in [-0.39, 0.29) is 11.6 Å². The molecular formula is C18H19N3O. The fourth-order valence-corrected chi connectivity index (χ4v) is 2.74. The van der Waals surface area contributed by atoms with Crippen LogP contribution < -0.4 is 5.56 Å². The van der Waals surface area contributed by atoms with Gasteiger partial charge in [0.1, 0.15) is 5.82 Å². The van der Waals surface area contributed by atoms with Crippen molar-refractivity contribution in [3.8, 4) is 11.4 Å². The highest BCUT2D eigenvalue weighted by Gasteiger charge is 2.14. The Hall–Kier alpha value is -2.62. The Labute approximate surface area is 129 Å². The maximum atomic E-state index is 11.9. The molecule has 0 fully saturated rings. The minimum absolute atomic E-state index is 0.0259. The van der Waals surface area contributed by atoms with Crippen molar-refractivity contribution < 1.29 is 0 Å². The lowest BCUT2D eigenvalue weighted by atomic mass is 10.1. The zero-order valence-electron chi connectivity index (χ0n) is 13.0. The van der Waals surface area contributed by atoms with Crippen LogP contribution in [0.25, 0.3) is 11.4 Å². The van der Waals surface area contributed by atoms with Crippen LogP contribution in [0.15, 0.2) is 59.8 Å². The first-order valence-corrected chi connectivity index (χ1v) is 7.33. The van der Waals surface area contributed by atoms with Gasteiger partial charge in [-0.2, -0.15) is 0 Å². The monoisotopic (exact) mass is 293 g/mol. The van der Waals surface area contributed by atoms with Crippen molar-refractivity contribution in [3.05, 3.63) is 76.5 Å². The molecular weight excluding hydrogens is 274 g/mol. The molecule has 0 saturated carbocycles. The predicted molar refractivity (Wildman–Crippen MR) is 87.9 cm³/mol. The van der Waals surface area contributed by atoms with Crippen LogP contribution in [-0.4, -0.2) is 14.1 Å². The fraction of sp³-hybridized carbons (Fsp3) is 0.222. The fourth-order valence-electron chi connectivity index (χ4n) is 2.74. The summed E-state index contributed by atoms with van der Waals surface area (Å²) in [4.78, 5) is 16.4. The third-order valence-corrected chi connectivity index (χ3v) is 3.99. The van der Waals surface area contributed by atoms with Gasteiger partial charge in [0.25, 0.3) is 5.56 Å². The molecule has 0 aliphatic heterocycles. The van der Waals surface area contributed by atoms with E-state index in [2.05, 4.69) is 28.6 Å². The van der Waals surface area contributed by atoms with E-state index < -0.39 is 0 Å². The van der Waals surface area contributed by atoms with Gasteiger partial charge in [-0.25, -0.2) is 4.98 Å². The number of nitrogens with zero attached hydrogens (tertiary/aromatic N) is 3. The van der Waals surface area contributed by atoms with E-state index in [0.717, 1.165) is 17.0 Å². The zero-order chi connectivity index (χ0) is 15.7. The second kappa shape index (κ2) is 5.64. The molecule has 2 heterocycles. The summed E-state index contributed by atoms with van der Waals surface area (Å²) in [7, 11) is 1.77. The zero-order valence-corrected chi connectivity index (χ0v) is 13.0. The number of rotatable bonds is 3. The summed E-state index contributed by atoms with van der Waals surface area (Å²) in [6, 6.07) is 12.4. The Morgan fingerprint density at radius 3 is 2.59 bits per heavy atom. The van der Waals surface area contributed by atoms with Crippen LogP contribution in [0.2, 0.25) is 0 Å². The van der Waals surface area contributed by atoms with E-state index in [4.69, 9.17) is 0 Å². The number of pyridine rings is 1. The van der Waals surface area contributed by atoms with Crippen LogP contribution in [0.5, 0.6) is 0 Å². The lowest BCUT2D eigenvalue weighted by molar-refractivity contribution is 0.645. The highest BCUT2D eigenvalue weighted by molar-refractivity contribution is 5.55. The van der Waals surface area contributed by atoms with Crippen molar-refractivity contribution in [1.82, 2.24) is 14.1 Å². The van der Waals surface area contributed by atoms with Crippen molar-refractivity contribution in [2.24, 2.45) is 7.05 Å². The van der Waals surface area contributed by atoms with Gasteiger partial charge in [0.15, 0.2) is 0 Å². The van der Waals surface area contributed by atoms with E-state index in [9.17, 15) is 4.79 Å². The number of aryl methyl sites for hydroxylation is 2. The first-order chi connectivity index (χ1) is 10.6. The minimum atomic E-state index is 0.0259. The largest absolute Gasteiger partial charge is 0.324 e. The molecule has 2 aromatic heterocycles. The summed E-state index contributed by atoms with van der Waals surface area (Å²) in [5.74, 6) is 0.870. The quantitative estimate of drug-likeness (QED) is 0.744. The summed E-state index contributed by atoms with van der Waals surface area (Å²) in [5.41, 5.74) is 2.93. The van der Waals surface area contributed by atoms with Crippen molar-refractivity contribution in [3.63, 3.8) is 0 Å². The summed E-state index contributed by atoms with van der Waals surface area (Å²) in [6.45, 7) is 3.98. The Balaban J connectivity index is 2.08. The normalized spacial score (nSPS) is 12.3. The molecule has 3 rings (SSSR count). The third kappa shape index (κ3) is 2.48. The summed E-state index contributed by atoms with van der Waals surface area (Å²) < 4.78 is 3.74. The van der Waals surface area contributed by atoms with Crippen LogP contribution in [0.3, 0.4) is 0 Å². The van der Waals surface area contributed by atoms with Gasteiger partial charge in [-0.3, -0.25) is 4.79 Å². The molecule has 4 nitrogen and oxygen atoms in total. The molecule has 4 heteroatoms. The highest BCUT2D eigenvalue weighted by Crippen LogP contribution is 2.25. The van der Waals surface area contributed by atoms with Crippen LogP contribution in [0.4, 0.5) is 0 Å². The SMILES string of the molecule is Cc1cc(-c2nccn2C(C)c2ccccc2)cn(C)c1=O. The molecule has 112 valence electrons. The molecule has 1 aromatic carbocycles.